The summed E-state index contributed by atoms with van der Waals surface area (Å²) in [6, 6.07) is 8.25. The minimum absolute atomic E-state index is 0.121. The maximum Gasteiger partial charge on any atom is 0.274 e. The quantitative estimate of drug-likeness (QED) is 0.916. The van der Waals surface area contributed by atoms with Crippen LogP contribution in [0.1, 0.15) is 30.3 Å². The molecule has 3 rings (SSSR count). The van der Waals surface area contributed by atoms with Crippen LogP contribution in [0, 0.1) is 11.7 Å². The summed E-state index contributed by atoms with van der Waals surface area (Å²) in [5.74, 6) is -0.190. The van der Waals surface area contributed by atoms with Gasteiger partial charge < -0.3 is 10.6 Å². The monoisotopic (exact) mass is 344 g/mol. The summed E-state index contributed by atoms with van der Waals surface area (Å²) in [4.78, 5) is 26.5. The van der Waals surface area contributed by atoms with Gasteiger partial charge in [0.15, 0.2) is 0 Å². The Labute approximate surface area is 145 Å². The molecule has 1 fully saturated rings. The van der Waals surface area contributed by atoms with Gasteiger partial charge in [-0.2, -0.15) is 9.78 Å². The first-order valence-corrected chi connectivity index (χ1v) is 8.37. The van der Waals surface area contributed by atoms with Gasteiger partial charge in [-0.15, -0.1) is 0 Å². The summed E-state index contributed by atoms with van der Waals surface area (Å²) >= 11 is 0. The van der Waals surface area contributed by atoms with Gasteiger partial charge in [0, 0.05) is 25.2 Å². The number of amides is 1. The highest BCUT2D eigenvalue weighted by atomic mass is 19.1. The van der Waals surface area contributed by atoms with Crippen LogP contribution in [0.2, 0.25) is 0 Å². The summed E-state index contributed by atoms with van der Waals surface area (Å²) < 4.78 is 14.2. The van der Waals surface area contributed by atoms with Gasteiger partial charge in [0.2, 0.25) is 0 Å². The molecule has 132 valence electrons. The van der Waals surface area contributed by atoms with Crippen molar-refractivity contribution in [3.8, 4) is 5.69 Å². The van der Waals surface area contributed by atoms with Crippen LogP contribution in [0.3, 0.4) is 0 Å². The largest absolute Gasteiger partial charge is 0.337 e. The van der Waals surface area contributed by atoms with Crippen molar-refractivity contribution in [1.29, 1.82) is 0 Å². The molecular formula is C18H21FN4O2. The van der Waals surface area contributed by atoms with Crippen molar-refractivity contribution < 1.29 is 9.18 Å². The molecule has 0 radical (unpaired) electrons. The molecule has 1 aromatic heterocycles. The van der Waals surface area contributed by atoms with Gasteiger partial charge in [-0.3, -0.25) is 9.59 Å². The van der Waals surface area contributed by atoms with E-state index in [1.54, 1.807) is 4.90 Å². The molecule has 1 amide bonds. The standard InChI is InChI=1S/C18H21FN4O2/c1-12(20)13-8-10-22(11-9-13)18(25)16-6-7-17(24)23(21-16)15-4-2-14(19)3-5-15/h2-7,12-13H,8-11,20H2,1H3. The van der Waals surface area contributed by atoms with Crippen LogP contribution in [-0.2, 0) is 0 Å². The number of halogens is 1. The maximum atomic E-state index is 13.1. The molecule has 2 aromatic rings. The summed E-state index contributed by atoms with van der Waals surface area (Å²) in [7, 11) is 0. The number of carbonyl (C=O) groups excluding carboxylic acids is 1. The summed E-state index contributed by atoms with van der Waals surface area (Å²) in [6.07, 6.45) is 1.72. The molecule has 2 heterocycles. The van der Waals surface area contributed by atoms with Crippen LogP contribution >= 0.6 is 0 Å². The van der Waals surface area contributed by atoms with E-state index in [-0.39, 0.29) is 23.2 Å². The van der Waals surface area contributed by atoms with E-state index in [9.17, 15) is 14.0 Å². The normalized spacial score (nSPS) is 16.7. The Morgan fingerprint density at radius 3 is 2.44 bits per heavy atom. The predicted molar refractivity (Wildman–Crippen MR) is 92.1 cm³/mol. The lowest BCUT2D eigenvalue weighted by Gasteiger charge is -2.33. The SMILES string of the molecule is CC(N)C1CCN(C(=O)c2ccc(=O)n(-c3ccc(F)cc3)n2)CC1. The minimum atomic E-state index is -0.402. The van der Waals surface area contributed by atoms with E-state index in [1.807, 2.05) is 6.92 Å². The molecule has 1 saturated heterocycles. The van der Waals surface area contributed by atoms with Gasteiger partial charge in [-0.05, 0) is 56.0 Å². The third kappa shape index (κ3) is 3.76. The first-order valence-electron chi connectivity index (χ1n) is 8.37. The molecule has 0 spiro atoms. The fraction of sp³-hybridized carbons (Fsp3) is 0.389. The van der Waals surface area contributed by atoms with Crippen LogP contribution in [0.4, 0.5) is 4.39 Å². The van der Waals surface area contributed by atoms with Gasteiger partial charge in [0.05, 0.1) is 5.69 Å². The van der Waals surface area contributed by atoms with E-state index in [4.69, 9.17) is 5.73 Å². The van der Waals surface area contributed by atoms with Gasteiger partial charge >= 0.3 is 0 Å². The lowest BCUT2D eigenvalue weighted by Crippen LogP contribution is -2.43. The Morgan fingerprint density at radius 1 is 1.20 bits per heavy atom. The first kappa shape index (κ1) is 17.3. The van der Waals surface area contributed by atoms with Gasteiger partial charge in [-0.25, -0.2) is 4.39 Å². The van der Waals surface area contributed by atoms with Crippen LogP contribution in [0.25, 0.3) is 5.69 Å². The number of likely N-dealkylation sites (tertiary alicyclic amines) is 1. The van der Waals surface area contributed by atoms with Crippen molar-refractivity contribution in [3.63, 3.8) is 0 Å². The third-order valence-electron chi connectivity index (χ3n) is 4.66. The molecule has 1 aliphatic rings. The Kier molecular flexibility index (Phi) is 4.94. The summed E-state index contributed by atoms with van der Waals surface area (Å²) in [5.41, 5.74) is 6.17. The number of hydrogen-bond donors (Lipinski definition) is 1. The molecule has 25 heavy (non-hydrogen) atoms. The zero-order chi connectivity index (χ0) is 18.0. The Bertz CT molecular complexity index is 809. The predicted octanol–water partition coefficient (Wildman–Crippen LogP) is 1.57. The molecule has 1 atom stereocenters. The first-order chi connectivity index (χ1) is 12.0. The number of nitrogens with two attached hydrogens (primary N) is 1. The smallest absolute Gasteiger partial charge is 0.274 e. The number of nitrogens with zero attached hydrogens (tertiary/aromatic N) is 3. The zero-order valence-electron chi connectivity index (χ0n) is 14.1. The van der Waals surface area contributed by atoms with Gasteiger partial charge in [0.1, 0.15) is 11.5 Å². The Morgan fingerprint density at radius 2 is 1.84 bits per heavy atom. The van der Waals surface area contributed by atoms with Crippen molar-refractivity contribution in [2.24, 2.45) is 11.7 Å². The van der Waals surface area contributed by atoms with Crippen molar-refractivity contribution in [1.82, 2.24) is 14.7 Å². The molecule has 0 bridgehead atoms. The van der Waals surface area contributed by atoms with Crippen LogP contribution in [0.5, 0.6) is 0 Å². The lowest BCUT2D eigenvalue weighted by molar-refractivity contribution is 0.0673. The lowest BCUT2D eigenvalue weighted by atomic mass is 9.91. The zero-order valence-corrected chi connectivity index (χ0v) is 14.1. The molecule has 0 saturated carbocycles. The maximum absolute atomic E-state index is 13.1. The Balaban J connectivity index is 1.81. The highest BCUT2D eigenvalue weighted by Crippen LogP contribution is 2.20. The van der Waals surface area contributed by atoms with Crippen molar-refractivity contribution in [3.05, 3.63) is 58.3 Å². The van der Waals surface area contributed by atoms with Crippen molar-refractivity contribution >= 4 is 5.91 Å². The molecule has 6 nitrogen and oxygen atoms in total. The van der Waals surface area contributed by atoms with E-state index in [1.165, 1.54) is 36.4 Å². The third-order valence-corrected chi connectivity index (χ3v) is 4.66. The second-order valence-electron chi connectivity index (χ2n) is 6.43. The fourth-order valence-corrected chi connectivity index (χ4v) is 3.08. The molecule has 0 aliphatic carbocycles. The van der Waals surface area contributed by atoms with Crippen LogP contribution in [0.15, 0.2) is 41.2 Å². The molecule has 2 N–H and O–H groups in total. The highest BCUT2D eigenvalue weighted by molar-refractivity contribution is 5.92. The summed E-state index contributed by atoms with van der Waals surface area (Å²) in [6.45, 7) is 3.24. The number of hydrogen-bond acceptors (Lipinski definition) is 4. The van der Waals surface area contributed by atoms with Gasteiger partial charge in [-0.1, -0.05) is 0 Å². The van der Waals surface area contributed by atoms with Crippen LogP contribution in [-0.4, -0.2) is 39.7 Å². The fourth-order valence-electron chi connectivity index (χ4n) is 3.08. The van der Waals surface area contributed by atoms with Gasteiger partial charge in [0.25, 0.3) is 11.5 Å². The van der Waals surface area contributed by atoms with Crippen molar-refractivity contribution in [2.45, 2.75) is 25.8 Å². The van der Waals surface area contributed by atoms with E-state index in [0.29, 0.717) is 24.7 Å². The minimum Gasteiger partial charge on any atom is -0.337 e. The van der Waals surface area contributed by atoms with E-state index in [2.05, 4.69) is 5.10 Å². The second kappa shape index (κ2) is 7.14. The average molecular weight is 344 g/mol. The molecular weight excluding hydrogens is 323 g/mol. The number of piperidine rings is 1. The van der Waals surface area contributed by atoms with Crippen LogP contribution < -0.4 is 11.3 Å². The highest BCUT2D eigenvalue weighted by Gasteiger charge is 2.26. The average Bonchev–Trinajstić information content (AvgIpc) is 2.62. The second-order valence-corrected chi connectivity index (χ2v) is 6.43. The molecule has 1 unspecified atom stereocenters. The molecule has 7 heteroatoms. The van der Waals surface area contributed by atoms with Crippen molar-refractivity contribution in [2.75, 3.05) is 13.1 Å². The van der Waals surface area contributed by atoms with E-state index >= 15 is 0 Å². The number of rotatable bonds is 3. The number of benzene rings is 1. The van der Waals surface area contributed by atoms with E-state index in [0.717, 1.165) is 17.5 Å². The van der Waals surface area contributed by atoms with E-state index < -0.39 is 5.82 Å². The summed E-state index contributed by atoms with van der Waals surface area (Å²) in [5, 5.41) is 4.17. The molecule has 1 aromatic carbocycles. The topological polar surface area (TPSA) is 81.2 Å². The Hall–Kier alpha value is -2.54. The molecule has 1 aliphatic heterocycles. The number of aromatic nitrogens is 2. The number of carbonyl (C=O) groups is 1.